The number of hydrogen-bond donors (Lipinski definition) is 1. The van der Waals surface area contributed by atoms with Crippen molar-refractivity contribution in [3.8, 4) is 0 Å². The SMILES string of the molecule is Cc1cccc(C(=O)OCC(=O)N[C@@H](C)CCC(C)C)c1[N+](=O)[O-]. The quantitative estimate of drug-likeness (QED) is 0.447. The minimum absolute atomic E-state index is 0.0214. The minimum Gasteiger partial charge on any atom is -0.452 e. The van der Waals surface area contributed by atoms with Gasteiger partial charge in [-0.05, 0) is 38.7 Å². The van der Waals surface area contributed by atoms with Crippen LogP contribution >= 0.6 is 0 Å². The van der Waals surface area contributed by atoms with Gasteiger partial charge in [0.05, 0.1) is 4.92 Å². The van der Waals surface area contributed by atoms with Gasteiger partial charge in [0.1, 0.15) is 5.56 Å². The molecule has 24 heavy (non-hydrogen) atoms. The molecule has 0 saturated carbocycles. The molecular formula is C17H24N2O5. The summed E-state index contributed by atoms with van der Waals surface area (Å²) in [4.78, 5) is 34.3. The Morgan fingerprint density at radius 2 is 1.92 bits per heavy atom. The highest BCUT2D eigenvalue weighted by molar-refractivity contribution is 5.95. The second kappa shape index (κ2) is 9.00. The molecule has 7 heteroatoms. The van der Waals surface area contributed by atoms with Crippen LogP contribution in [-0.2, 0) is 9.53 Å². The lowest BCUT2D eigenvalue weighted by Crippen LogP contribution is -2.36. The summed E-state index contributed by atoms with van der Waals surface area (Å²) in [6.45, 7) is 7.16. The van der Waals surface area contributed by atoms with E-state index in [1.165, 1.54) is 25.1 Å². The van der Waals surface area contributed by atoms with Crippen LogP contribution in [0.4, 0.5) is 5.69 Å². The molecule has 1 aromatic carbocycles. The van der Waals surface area contributed by atoms with E-state index in [0.717, 1.165) is 12.8 Å². The van der Waals surface area contributed by atoms with Crippen LogP contribution < -0.4 is 5.32 Å². The molecule has 0 aliphatic rings. The summed E-state index contributed by atoms with van der Waals surface area (Å²) in [6.07, 6.45) is 1.82. The molecule has 0 heterocycles. The standard InChI is InChI=1S/C17H24N2O5/c1-11(2)8-9-13(4)18-15(20)10-24-17(21)14-7-5-6-12(3)16(14)19(22)23/h5-7,11,13H,8-10H2,1-4H3,(H,18,20)/t13-/m0/s1. The molecule has 0 unspecified atom stereocenters. The number of benzene rings is 1. The van der Waals surface area contributed by atoms with Crippen LogP contribution in [0, 0.1) is 23.0 Å². The molecule has 0 aliphatic carbocycles. The summed E-state index contributed by atoms with van der Waals surface area (Å²) >= 11 is 0. The molecule has 1 aromatic rings. The van der Waals surface area contributed by atoms with Gasteiger partial charge in [-0.2, -0.15) is 0 Å². The number of carbonyl (C=O) groups excluding carboxylic acids is 2. The van der Waals surface area contributed by atoms with Gasteiger partial charge in [0.2, 0.25) is 0 Å². The van der Waals surface area contributed by atoms with E-state index in [1.807, 2.05) is 6.92 Å². The summed E-state index contributed by atoms with van der Waals surface area (Å²) < 4.78 is 4.91. The van der Waals surface area contributed by atoms with Crippen molar-refractivity contribution in [2.24, 2.45) is 5.92 Å². The second-order valence-corrected chi connectivity index (χ2v) is 6.24. The summed E-state index contributed by atoms with van der Waals surface area (Å²) in [7, 11) is 0. The Morgan fingerprint density at radius 3 is 2.50 bits per heavy atom. The highest BCUT2D eigenvalue weighted by Gasteiger charge is 2.24. The van der Waals surface area contributed by atoms with Gasteiger partial charge in [0.15, 0.2) is 6.61 Å². The van der Waals surface area contributed by atoms with Crippen LogP contribution in [0.5, 0.6) is 0 Å². The largest absolute Gasteiger partial charge is 0.452 e. The van der Waals surface area contributed by atoms with E-state index in [2.05, 4.69) is 19.2 Å². The Kier molecular flexibility index (Phi) is 7.35. The number of ether oxygens (including phenoxy) is 1. The van der Waals surface area contributed by atoms with Gasteiger partial charge in [-0.1, -0.05) is 26.0 Å². The molecule has 0 radical (unpaired) electrons. The van der Waals surface area contributed by atoms with Crippen LogP contribution in [0.15, 0.2) is 18.2 Å². The summed E-state index contributed by atoms with van der Waals surface area (Å²) in [5.74, 6) is -0.755. The monoisotopic (exact) mass is 336 g/mol. The van der Waals surface area contributed by atoms with E-state index < -0.39 is 23.4 Å². The zero-order valence-electron chi connectivity index (χ0n) is 14.5. The molecule has 1 amide bonds. The van der Waals surface area contributed by atoms with Crippen LogP contribution in [0.1, 0.15) is 49.5 Å². The van der Waals surface area contributed by atoms with Crippen molar-refractivity contribution >= 4 is 17.6 Å². The molecule has 1 N–H and O–H groups in total. The average Bonchev–Trinajstić information content (AvgIpc) is 2.49. The molecule has 0 saturated heterocycles. The zero-order chi connectivity index (χ0) is 18.3. The molecular weight excluding hydrogens is 312 g/mol. The van der Waals surface area contributed by atoms with E-state index in [-0.39, 0.29) is 17.3 Å². The molecule has 0 aromatic heterocycles. The second-order valence-electron chi connectivity index (χ2n) is 6.24. The number of carbonyl (C=O) groups is 2. The Hall–Kier alpha value is -2.44. The normalized spacial score (nSPS) is 11.9. The smallest absolute Gasteiger partial charge is 0.345 e. The number of aryl methyl sites for hydroxylation is 1. The van der Waals surface area contributed by atoms with Gasteiger partial charge >= 0.3 is 5.97 Å². The molecule has 0 bridgehead atoms. The van der Waals surface area contributed by atoms with E-state index >= 15 is 0 Å². The number of para-hydroxylation sites is 1. The number of esters is 1. The Balaban J connectivity index is 2.59. The molecule has 0 aliphatic heterocycles. The fourth-order valence-electron chi connectivity index (χ4n) is 2.25. The van der Waals surface area contributed by atoms with Crippen molar-refractivity contribution in [1.82, 2.24) is 5.32 Å². The van der Waals surface area contributed by atoms with Crippen molar-refractivity contribution in [2.45, 2.75) is 46.6 Å². The van der Waals surface area contributed by atoms with Gasteiger partial charge < -0.3 is 10.1 Å². The Bertz CT molecular complexity index is 613. The van der Waals surface area contributed by atoms with Crippen molar-refractivity contribution in [3.63, 3.8) is 0 Å². The van der Waals surface area contributed by atoms with Crippen molar-refractivity contribution in [1.29, 1.82) is 0 Å². The van der Waals surface area contributed by atoms with Crippen molar-refractivity contribution < 1.29 is 19.2 Å². The number of nitro benzene ring substituents is 1. The first-order valence-corrected chi connectivity index (χ1v) is 7.92. The number of hydrogen-bond acceptors (Lipinski definition) is 5. The maximum Gasteiger partial charge on any atom is 0.345 e. The predicted molar refractivity (Wildman–Crippen MR) is 89.8 cm³/mol. The fourth-order valence-corrected chi connectivity index (χ4v) is 2.25. The topological polar surface area (TPSA) is 98.5 Å². The van der Waals surface area contributed by atoms with E-state index in [9.17, 15) is 19.7 Å². The lowest BCUT2D eigenvalue weighted by Gasteiger charge is -2.15. The van der Waals surface area contributed by atoms with Crippen LogP contribution in [0.25, 0.3) is 0 Å². The maximum atomic E-state index is 12.0. The van der Waals surface area contributed by atoms with Crippen LogP contribution in [-0.4, -0.2) is 29.4 Å². The van der Waals surface area contributed by atoms with Gasteiger partial charge in [0, 0.05) is 11.6 Å². The lowest BCUT2D eigenvalue weighted by atomic mass is 10.0. The molecule has 1 rings (SSSR count). The number of nitro groups is 1. The summed E-state index contributed by atoms with van der Waals surface area (Å²) in [6, 6.07) is 4.37. The number of nitrogens with one attached hydrogen (secondary N) is 1. The zero-order valence-corrected chi connectivity index (χ0v) is 14.5. The van der Waals surface area contributed by atoms with E-state index in [0.29, 0.717) is 11.5 Å². The molecule has 7 nitrogen and oxygen atoms in total. The summed E-state index contributed by atoms with van der Waals surface area (Å²) in [5.41, 5.74) is -0.0879. The number of nitrogens with zero attached hydrogens (tertiary/aromatic N) is 1. The van der Waals surface area contributed by atoms with E-state index in [1.54, 1.807) is 0 Å². The Labute approximate surface area is 141 Å². The first-order chi connectivity index (χ1) is 11.2. The maximum absolute atomic E-state index is 12.0. The highest BCUT2D eigenvalue weighted by Crippen LogP contribution is 2.23. The third-order valence-corrected chi connectivity index (χ3v) is 3.56. The lowest BCUT2D eigenvalue weighted by molar-refractivity contribution is -0.385. The predicted octanol–water partition coefficient (Wildman–Crippen LogP) is 3.00. The first-order valence-electron chi connectivity index (χ1n) is 7.92. The summed E-state index contributed by atoms with van der Waals surface area (Å²) in [5, 5.41) is 13.8. The van der Waals surface area contributed by atoms with Crippen LogP contribution in [0.2, 0.25) is 0 Å². The van der Waals surface area contributed by atoms with Crippen molar-refractivity contribution in [2.75, 3.05) is 6.61 Å². The van der Waals surface area contributed by atoms with Gasteiger partial charge in [0.25, 0.3) is 11.6 Å². The third kappa shape index (κ3) is 5.98. The third-order valence-electron chi connectivity index (χ3n) is 3.56. The average molecular weight is 336 g/mol. The number of rotatable bonds is 8. The van der Waals surface area contributed by atoms with Crippen LogP contribution in [0.3, 0.4) is 0 Å². The van der Waals surface area contributed by atoms with Gasteiger partial charge in [-0.25, -0.2) is 4.79 Å². The molecule has 0 spiro atoms. The highest BCUT2D eigenvalue weighted by atomic mass is 16.6. The first kappa shape index (κ1) is 19.6. The van der Waals surface area contributed by atoms with E-state index in [4.69, 9.17) is 4.74 Å². The Morgan fingerprint density at radius 1 is 1.25 bits per heavy atom. The molecule has 0 fully saturated rings. The fraction of sp³-hybridized carbons (Fsp3) is 0.529. The van der Waals surface area contributed by atoms with Gasteiger partial charge in [-0.3, -0.25) is 14.9 Å². The molecule has 1 atom stereocenters. The minimum atomic E-state index is -0.879. The number of amides is 1. The molecule has 132 valence electrons. The van der Waals surface area contributed by atoms with Gasteiger partial charge in [-0.15, -0.1) is 0 Å². The van der Waals surface area contributed by atoms with Crippen molar-refractivity contribution in [3.05, 3.63) is 39.4 Å².